The van der Waals surface area contributed by atoms with Crippen LogP contribution in [-0.2, 0) is 6.54 Å². The molecule has 0 spiro atoms. The van der Waals surface area contributed by atoms with Gasteiger partial charge >= 0.3 is 0 Å². The molecule has 0 amide bonds. The molecular formula is C19H34IN3O3. The first kappa shape index (κ1) is 24.8. The van der Waals surface area contributed by atoms with Crippen molar-refractivity contribution in [1.82, 2.24) is 5.32 Å². The van der Waals surface area contributed by atoms with Crippen molar-refractivity contribution in [2.24, 2.45) is 16.6 Å². The summed E-state index contributed by atoms with van der Waals surface area (Å²) in [6.07, 6.45) is 3.50. The number of methoxy groups -OCH3 is 1. The summed E-state index contributed by atoms with van der Waals surface area (Å²) in [6.45, 7) is 7.27. The maximum absolute atomic E-state index is 8.84. The lowest BCUT2D eigenvalue weighted by atomic mass is 10.0. The molecule has 150 valence electrons. The van der Waals surface area contributed by atoms with Gasteiger partial charge in [0.2, 0.25) is 0 Å². The van der Waals surface area contributed by atoms with Crippen LogP contribution in [0.1, 0.15) is 45.6 Å². The third-order valence-electron chi connectivity index (χ3n) is 3.82. The van der Waals surface area contributed by atoms with E-state index < -0.39 is 0 Å². The van der Waals surface area contributed by atoms with E-state index in [1.54, 1.807) is 7.11 Å². The zero-order valence-electron chi connectivity index (χ0n) is 16.3. The van der Waals surface area contributed by atoms with Crippen LogP contribution in [0, 0.1) is 5.92 Å². The predicted molar refractivity (Wildman–Crippen MR) is 118 cm³/mol. The molecule has 26 heavy (non-hydrogen) atoms. The number of hydrogen-bond donors (Lipinski definition) is 3. The van der Waals surface area contributed by atoms with Crippen molar-refractivity contribution in [2.75, 3.05) is 20.3 Å². The van der Waals surface area contributed by atoms with Gasteiger partial charge in [0.25, 0.3) is 0 Å². The number of benzene rings is 1. The number of hydrogen-bond acceptors (Lipinski definition) is 4. The molecule has 0 heterocycles. The van der Waals surface area contributed by atoms with Crippen LogP contribution in [0.2, 0.25) is 0 Å². The fourth-order valence-corrected chi connectivity index (χ4v) is 2.46. The number of aliphatic imine (C=N–C) groups is 1. The van der Waals surface area contributed by atoms with Gasteiger partial charge in [-0.3, -0.25) is 0 Å². The Labute approximate surface area is 174 Å². The minimum atomic E-state index is -0.0350. The van der Waals surface area contributed by atoms with Crippen molar-refractivity contribution in [3.8, 4) is 11.5 Å². The molecule has 7 heteroatoms. The first-order chi connectivity index (χ1) is 12.0. The minimum absolute atomic E-state index is 0. The van der Waals surface area contributed by atoms with Gasteiger partial charge in [-0.15, -0.1) is 24.0 Å². The molecule has 0 aliphatic heterocycles. The van der Waals surface area contributed by atoms with Crippen LogP contribution >= 0.6 is 24.0 Å². The quantitative estimate of drug-likeness (QED) is 0.258. The van der Waals surface area contributed by atoms with E-state index in [2.05, 4.69) is 31.1 Å². The Hall–Kier alpha value is -1.22. The second kappa shape index (κ2) is 13.9. The van der Waals surface area contributed by atoms with E-state index in [0.29, 0.717) is 30.0 Å². The van der Waals surface area contributed by atoms with Gasteiger partial charge in [-0.1, -0.05) is 32.8 Å². The summed E-state index contributed by atoms with van der Waals surface area (Å²) in [6, 6.07) is 5.91. The molecule has 1 atom stereocenters. The molecule has 1 unspecified atom stereocenters. The molecule has 0 aliphatic rings. The standard InChI is InChI=1S/C19H33N3O3.HI/c1-14(2)6-5-7-15(3)22-19(20)21-13-16-8-9-17(25-11-10-23)18(12-16)24-4;/h8-9,12,14-15,23H,5-7,10-11,13H2,1-4H3,(H3,20,21,22);1H. The van der Waals surface area contributed by atoms with Gasteiger partial charge in [-0.05, 0) is 37.0 Å². The molecule has 0 bridgehead atoms. The molecule has 0 fully saturated rings. The summed E-state index contributed by atoms with van der Waals surface area (Å²) in [4.78, 5) is 4.39. The summed E-state index contributed by atoms with van der Waals surface area (Å²) in [5.41, 5.74) is 6.95. The molecule has 1 rings (SSSR count). The van der Waals surface area contributed by atoms with Crippen LogP contribution < -0.4 is 20.5 Å². The summed E-state index contributed by atoms with van der Waals surface area (Å²) in [7, 11) is 1.59. The number of aliphatic hydroxyl groups is 1. The average Bonchev–Trinajstić information content (AvgIpc) is 2.58. The topological polar surface area (TPSA) is 89.1 Å². The lowest BCUT2D eigenvalue weighted by Crippen LogP contribution is -2.38. The van der Waals surface area contributed by atoms with E-state index in [4.69, 9.17) is 20.3 Å². The van der Waals surface area contributed by atoms with Crippen LogP contribution in [0.5, 0.6) is 11.5 Å². The Morgan fingerprint density at radius 2 is 1.96 bits per heavy atom. The van der Waals surface area contributed by atoms with Crippen molar-refractivity contribution >= 4 is 29.9 Å². The maximum Gasteiger partial charge on any atom is 0.189 e. The molecule has 0 saturated heterocycles. The monoisotopic (exact) mass is 479 g/mol. The smallest absolute Gasteiger partial charge is 0.189 e. The molecule has 6 nitrogen and oxygen atoms in total. The van der Waals surface area contributed by atoms with Crippen molar-refractivity contribution in [3.63, 3.8) is 0 Å². The summed E-state index contributed by atoms with van der Waals surface area (Å²) in [5.74, 6) is 2.41. The number of guanidine groups is 1. The Morgan fingerprint density at radius 3 is 2.58 bits per heavy atom. The lowest BCUT2D eigenvalue weighted by molar-refractivity contribution is 0.196. The number of ether oxygens (including phenoxy) is 2. The van der Waals surface area contributed by atoms with Gasteiger partial charge in [0.05, 0.1) is 20.3 Å². The largest absolute Gasteiger partial charge is 0.493 e. The van der Waals surface area contributed by atoms with E-state index in [1.807, 2.05) is 18.2 Å². The number of nitrogens with one attached hydrogen (secondary N) is 1. The molecule has 0 aliphatic carbocycles. The van der Waals surface area contributed by atoms with Gasteiger partial charge < -0.3 is 25.6 Å². The van der Waals surface area contributed by atoms with Crippen LogP contribution in [0.15, 0.2) is 23.2 Å². The molecule has 1 aromatic carbocycles. The van der Waals surface area contributed by atoms with Crippen LogP contribution in [0.25, 0.3) is 0 Å². The third kappa shape index (κ3) is 10.1. The van der Waals surface area contributed by atoms with Crippen LogP contribution in [-0.4, -0.2) is 37.4 Å². The lowest BCUT2D eigenvalue weighted by Gasteiger charge is -2.15. The van der Waals surface area contributed by atoms with E-state index >= 15 is 0 Å². The molecule has 0 aromatic heterocycles. The zero-order chi connectivity index (χ0) is 18.7. The highest BCUT2D eigenvalue weighted by molar-refractivity contribution is 14.0. The number of nitrogens with two attached hydrogens (primary N) is 1. The first-order valence-electron chi connectivity index (χ1n) is 8.93. The average molecular weight is 479 g/mol. The Kier molecular flexibility index (Phi) is 13.3. The molecule has 4 N–H and O–H groups in total. The molecule has 0 radical (unpaired) electrons. The maximum atomic E-state index is 8.84. The van der Waals surface area contributed by atoms with Crippen LogP contribution in [0.3, 0.4) is 0 Å². The first-order valence-corrected chi connectivity index (χ1v) is 8.93. The SMILES string of the molecule is COc1cc(CN=C(N)NC(C)CCCC(C)C)ccc1OCCO.I. The van der Waals surface area contributed by atoms with Crippen molar-refractivity contribution in [3.05, 3.63) is 23.8 Å². The summed E-state index contributed by atoms with van der Waals surface area (Å²) in [5, 5.41) is 12.1. The molecule has 1 aromatic rings. The summed E-state index contributed by atoms with van der Waals surface area (Å²) < 4.78 is 10.7. The van der Waals surface area contributed by atoms with Crippen molar-refractivity contribution < 1.29 is 14.6 Å². The van der Waals surface area contributed by atoms with Gasteiger partial charge in [0.15, 0.2) is 17.5 Å². The minimum Gasteiger partial charge on any atom is -0.493 e. The Bertz CT molecular complexity index is 539. The number of halogens is 1. The predicted octanol–water partition coefficient (Wildman–Crippen LogP) is 3.30. The van der Waals surface area contributed by atoms with Gasteiger partial charge in [-0.25, -0.2) is 4.99 Å². The second-order valence-electron chi connectivity index (χ2n) is 6.63. The number of rotatable bonds is 11. The van der Waals surface area contributed by atoms with Gasteiger partial charge in [0.1, 0.15) is 6.61 Å². The van der Waals surface area contributed by atoms with Crippen molar-refractivity contribution in [1.29, 1.82) is 0 Å². The highest BCUT2D eigenvalue weighted by Crippen LogP contribution is 2.28. The molecule has 0 saturated carbocycles. The zero-order valence-corrected chi connectivity index (χ0v) is 18.7. The van der Waals surface area contributed by atoms with E-state index in [1.165, 1.54) is 12.8 Å². The van der Waals surface area contributed by atoms with Gasteiger partial charge in [-0.2, -0.15) is 0 Å². The normalized spacial score (nSPS) is 12.5. The van der Waals surface area contributed by atoms with E-state index in [0.717, 1.165) is 17.9 Å². The fourth-order valence-electron chi connectivity index (χ4n) is 2.46. The van der Waals surface area contributed by atoms with Gasteiger partial charge in [0, 0.05) is 6.04 Å². The van der Waals surface area contributed by atoms with Crippen LogP contribution in [0.4, 0.5) is 0 Å². The highest BCUT2D eigenvalue weighted by atomic mass is 127. The Morgan fingerprint density at radius 1 is 1.23 bits per heavy atom. The molecular weight excluding hydrogens is 445 g/mol. The van der Waals surface area contributed by atoms with E-state index in [9.17, 15) is 0 Å². The third-order valence-corrected chi connectivity index (χ3v) is 3.82. The Balaban J connectivity index is 0.00000625. The fraction of sp³-hybridized carbons (Fsp3) is 0.632. The number of nitrogens with zero attached hydrogens (tertiary/aromatic N) is 1. The second-order valence-corrected chi connectivity index (χ2v) is 6.63. The highest BCUT2D eigenvalue weighted by Gasteiger charge is 2.07. The van der Waals surface area contributed by atoms with Crippen molar-refractivity contribution in [2.45, 2.75) is 52.6 Å². The van der Waals surface area contributed by atoms with E-state index in [-0.39, 0.29) is 37.2 Å². The summed E-state index contributed by atoms with van der Waals surface area (Å²) >= 11 is 0. The number of aliphatic hydroxyl groups excluding tert-OH is 1.